The highest BCUT2D eigenvalue weighted by Gasteiger charge is 2.02. The number of hydrogen-bond acceptors (Lipinski definition) is 5. The molecule has 0 N–H and O–H groups in total. The van der Waals surface area contributed by atoms with Crippen molar-refractivity contribution in [2.75, 3.05) is 6.61 Å². The van der Waals surface area contributed by atoms with Crippen molar-refractivity contribution in [2.45, 2.75) is 38.7 Å². The van der Waals surface area contributed by atoms with Crippen LogP contribution in [0.4, 0.5) is 0 Å². The third-order valence-corrected chi connectivity index (χ3v) is 3.41. The van der Waals surface area contributed by atoms with E-state index in [1.54, 1.807) is 12.1 Å². The zero-order valence-corrected chi connectivity index (χ0v) is 12.6. The van der Waals surface area contributed by atoms with Crippen molar-refractivity contribution in [3.8, 4) is 5.75 Å². The van der Waals surface area contributed by atoms with Gasteiger partial charge in [0.1, 0.15) is 11.3 Å². The largest absolute Gasteiger partial charge is 0.493 e. The molecule has 1 atom stereocenters. The lowest BCUT2D eigenvalue weighted by Crippen LogP contribution is -2.06. The minimum absolute atomic E-state index is 0.0261. The smallest absolute Gasteiger partial charge is 0.336 e. The molecule has 0 saturated heterocycles. The second kappa shape index (κ2) is 8.22. The summed E-state index contributed by atoms with van der Waals surface area (Å²) in [5.74, 6) is 0.694. The fourth-order valence-electron chi connectivity index (χ4n) is 2.19. The Kier molecular flexibility index (Phi) is 6.01. The lowest BCUT2D eigenvalue weighted by molar-refractivity contribution is -0.133. The van der Waals surface area contributed by atoms with Crippen LogP contribution in [0.25, 0.3) is 11.0 Å². The average Bonchev–Trinajstić information content (AvgIpc) is 2.50. The van der Waals surface area contributed by atoms with E-state index in [4.69, 9.17) is 13.9 Å². The van der Waals surface area contributed by atoms with Crippen LogP contribution in [0.2, 0.25) is 0 Å². The topological polar surface area (TPSA) is 65.7 Å². The van der Waals surface area contributed by atoms with Crippen molar-refractivity contribution in [3.05, 3.63) is 40.8 Å². The Bertz CT molecular complexity index is 661. The van der Waals surface area contributed by atoms with Gasteiger partial charge in [-0.3, -0.25) is 4.79 Å². The fourth-order valence-corrected chi connectivity index (χ4v) is 2.19. The Morgan fingerprint density at radius 2 is 2.00 bits per heavy atom. The molecule has 1 unspecified atom stereocenters. The molecule has 1 aromatic heterocycles. The summed E-state index contributed by atoms with van der Waals surface area (Å²) in [6.45, 7) is 2.98. The molecule has 2 aromatic rings. The molecule has 0 aliphatic carbocycles. The molecule has 5 heteroatoms. The van der Waals surface area contributed by atoms with Gasteiger partial charge >= 0.3 is 5.63 Å². The van der Waals surface area contributed by atoms with Crippen LogP contribution in [-0.2, 0) is 9.53 Å². The summed E-state index contributed by atoms with van der Waals surface area (Å²) in [4.78, 5) is 21.3. The van der Waals surface area contributed by atoms with Gasteiger partial charge in [0.2, 0.25) is 0 Å². The van der Waals surface area contributed by atoms with Crippen LogP contribution < -0.4 is 10.4 Å². The van der Waals surface area contributed by atoms with Gasteiger partial charge in [0.25, 0.3) is 6.47 Å². The second-order valence-corrected chi connectivity index (χ2v) is 5.19. The van der Waals surface area contributed by atoms with Gasteiger partial charge < -0.3 is 13.9 Å². The van der Waals surface area contributed by atoms with E-state index in [-0.39, 0.29) is 11.7 Å². The second-order valence-electron chi connectivity index (χ2n) is 5.19. The summed E-state index contributed by atoms with van der Waals surface area (Å²) in [5, 5.41) is 0.871. The first-order valence-corrected chi connectivity index (χ1v) is 7.45. The highest BCUT2D eigenvalue weighted by Crippen LogP contribution is 2.19. The van der Waals surface area contributed by atoms with Crippen molar-refractivity contribution in [1.82, 2.24) is 0 Å². The number of unbranched alkanes of at least 4 members (excludes halogenated alkanes) is 2. The standard InChI is InChI=1S/C17H20O5/c1-13(21-12-18)5-3-2-4-10-20-15-8-6-14-7-9-17(19)22-16(14)11-15/h6-9,11-13H,2-5,10H2,1H3. The highest BCUT2D eigenvalue weighted by molar-refractivity contribution is 5.77. The Morgan fingerprint density at radius 1 is 1.18 bits per heavy atom. The zero-order chi connectivity index (χ0) is 15.8. The molecule has 1 aromatic carbocycles. The number of hydrogen-bond donors (Lipinski definition) is 0. The van der Waals surface area contributed by atoms with Crippen LogP contribution in [0.3, 0.4) is 0 Å². The third kappa shape index (κ3) is 4.91. The first kappa shape index (κ1) is 16.1. The van der Waals surface area contributed by atoms with Crippen molar-refractivity contribution in [3.63, 3.8) is 0 Å². The molecule has 5 nitrogen and oxygen atoms in total. The van der Waals surface area contributed by atoms with Crippen LogP contribution in [0.15, 0.2) is 39.5 Å². The number of rotatable bonds is 9. The first-order valence-electron chi connectivity index (χ1n) is 7.45. The molecule has 0 bridgehead atoms. The fraction of sp³-hybridized carbons (Fsp3) is 0.412. The van der Waals surface area contributed by atoms with Gasteiger partial charge in [0.15, 0.2) is 0 Å². The summed E-state index contributed by atoms with van der Waals surface area (Å²) in [5.41, 5.74) is 0.168. The number of carbonyl (C=O) groups is 1. The zero-order valence-electron chi connectivity index (χ0n) is 12.6. The quantitative estimate of drug-likeness (QED) is 0.404. The highest BCUT2D eigenvalue weighted by atomic mass is 16.5. The molecule has 0 aliphatic heterocycles. The number of carbonyl (C=O) groups excluding carboxylic acids is 1. The normalized spacial score (nSPS) is 12.0. The lowest BCUT2D eigenvalue weighted by atomic mass is 10.1. The maximum atomic E-state index is 11.2. The summed E-state index contributed by atoms with van der Waals surface area (Å²) < 4.78 is 15.6. The van der Waals surface area contributed by atoms with E-state index in [1.165, 1.54) is 6.07 Å². The monoisotopic (exact) mass is 304 g/mol. The first-order chi connectivity index (χ1) is 10.7. The van der Waals surface area contributed by atoms with Crippen molar-refractivity contribution in [1.29, 1.82) is 0 Å². The van der Waals surface area contributed by atoms with E-state index < -0.39 is 0 Å². The van der Waals surface area contributed by atoms with E-state index in [1.807, 2.05) is 19.1 Å². The van der Waals surface area contributed by atoms with Crippen LogP contribution in [0, 0.1) is 0 Å². The van der Waals surface area contributed by atoms with Crippen LogP contribution in [0.1, 0.15) is 32.6 Å². The molecule has 0 spiro atoms. The van der Waals surface area contributed by atoms with Gasteiger partial charge in [-0.25, -0.2) is 4.79 Å². The minimum atomic E-state index is -0.365. The molecular formula is C17H20O5. The summed E-state index contributed by atoms with van der Waals surface area (Å²) in [6.07, 6.45) is 3.76. The molecule has 118 valence electrons. The van der Waals surface area contributed by atoms with E-state index in [0.29, 0.717) is 24.4 Å². The maximum absolute atomic E-state index is 11.2. The molecule has 0 fully saturated rings. The van der Waals surface area contributed by atoms with E-state index in [0.717, 1.165) is 31.1 Å². The Hall–Kier alpha value is -2.30. The van der Waals surface area contributed by atoms with Gasteiger partial charge in [-0.15, -0.1) is 0 Å². The number of fused-ring (bicyclic) bond motifs is 1. The molecule has 0 amide bonds. The van der Waals surface area contributed by atoms with Gasteiger partial charge in [-0.1, -0.05) is 0 Å². The molecule has 1 heterocycles. The van der Waals surface area contributed by atoms with Crippen molar-refractivity contribution >= 4 is 17.4 Å². The van der Waals surface area contributed by atoms with Gasteiger partial charge in [0.05, 0.1) is 12.7 Å². The Morgan fingerprint density at radius 3 is 2.82 bits per heavy atom. The summed E-state index contributed by atoms with van der Waals surface area (Å²) >= 11 is 0. The van der Waals surface area contributed by atoms with Crippen molar-refractivity contribution in [2.24, 2.45) is 0 Å². The predicted octanol–water partition coefficient (Wildman–Crippen LogP) is 3.29. The molecular weight excluding hydrogens is 284 g/mol. The Balaban J connectivity index is 1.73. The van der Waals surface area contributed by atoms with Crippen molar-refractivity contribution < 1.29 is 18.7 Å². The van der Waals surface area contributed by atoms with Gasteiger partial charge in [-0.05, 0) is 50.8 Å². The molecule has 2 rings (SSSR count). The molecule has 0 radical (unpaired) electrons. The van der Waals surface area contributed by atoms with Crippen LogP contribution in [-0.4, -0.2) is 19.2 Å². The predicted molar refractivity (Wildman–Crippen MR) is 83.1 cm³/mol. The molecule has 0 aliphatic rings. The van der Waals surface area contributed by atoms with E-state index in [9.17, 15) is 9.59 Å². The number of benzene rings is 1. The summed E-state index contributed by atoms with van der Waals surface area (Å²) in [7, 11) is 0. The maximum Gasteiger partial charge on any atom is 0.336 e. The SMILES string of the molecule is CC(CCCCCOc1ccc2ccc(=O)oc2c1)OC=O. The molecule has 22 heavy (non-hydrogen) atoms. The van der Waals surface area contributed by atoms with E-state index >= 15 is 0 Å². The van der Waals surface area contributed by atoms with Gasteiger partial charge in [-0.2, -0.15) is 0 Å². The number of ether oxygens (including phenoxy) is 2. The third-order valence-electron chi connectivity index (χ3n) is 3.41. The summed E-state index contributed by atoms with van der Waals surface area (Å²) in [6, 6.07) is 8.59. The lowest BCUT2D eigenvalue weighted by Gasteiger charge is -2.09. The average molecular weight is 304 g/mol. The van der Waals surface area contributed by atoms with Gasteiger partial charge in [0, 0.05) is 17.5 Å². The molecule has 0 saturated carbocycles. The van der Waals surface area contributed by atoms with E-state index in [2.05, 4.69) is 0 Å². The van der Waals surface area contributed by atoms with Crippen LogP contribution >= 0.6 is 0 Å². The van der Waals surface area contributed by atoms with Crippen LogP contribution in [0.5, 0.6) is 5.75 Å². The Labute approximate surface area is 128 Å². The minimum Gasteiger partial charge on any atom is -0.493 e.